The summed E-state index contributed by atoms with van der Waals surface area (Å²) < 4.78 is 49.4. The highest BCUT2D eigenvalue weighted by Gasteiger charge is 2.31. The third-order valence-electron chi connectivity index (χ3n) is 4.48. The number of alkyl halides is 3. The number of ether oxygens (including phenoxy) is 2. The van der Waals surface area contributed by atoms with Crippen LogP contribution in [0.3, 0.4) is 0 Å². The molecule has 7 nitrogen and oxygen atoms in total. The van der Waals surface area contributed by atoms with Crippen LogP contribution >= 0.6 is 11.6 Å². The highest BCUT2D eigenvalue weighted by Crippen LogP contribution is 2.36. The molecule has 3 rings (SSSR count). The van der Waals surface area contributed by atoms with Gasteiger partial charge in [-0.25, -0.2) is 9.78 Å². The molecule has 0 spiro atoms. The molecule has 0 saturated heterocycles. The number of carbonyl (C=O) groups excluding carboxylic acids is 1. The number of pyridine rings is 1. The molecule has 0 saturated carbocycles. The van der Waals surface area contributed by atoms with Gasteiger partial charge in [0.25, 0.3) is 5.91 Å². The minimum atomic E-state index is -4.59. The number of nitrogens with zero attached hydrogens (tertiary/aromatic N) is 1. The number of hydrogen-bond acceptors (Lipinski definition) is 5. The van der Waals surface area contributed by atoms with Crippen molar-refractivity contribution < 1.29 is 37.3 Å². The lowest BCUT2D eigenvalue weighted by molar-refractivity contribution is -0.141. The summed E-state index contributed by atoms with van der Waals surface area (Å²) in [6.07, 6.45) is -3.30. The summed E-state index contributed by atoms with van der Waals surface area (Å²) in [7, 11) is 0. The molecule has 1 atom stereocenters. The third kappa shape index (κ3) is 6.69. The van der Waals surface area contributed by atoms with Gasteiger partial charge >= 0.3 is 12.1 Å². The number of amides is 1. The van der Waals surface area contributed by atoms with E-state index in [1.165, 1.54) is 18.3 Å². The van der Waals surface area contributed by atoms with E-state index >= 15 is 0 Å². The van der Waals surface area contributed by atoms with Gasteiger partial charge in [-0.1, -0.05) is 41.9 Å². The number of halogens is 4. The second kappa shape index (κ2) is 11.0. The van der Waals surface area contributed by atoms with Gasteiger partial charge in [-0.2, -0.15) is 13.2 Å². The Morgan fingerprint density at radius 2 is 1.82 bits per heavy atom. The molecule has 0 aliphatic carbocycles. The van der Waals surface area contributed by atoms with Gasteiger partial charge in [0, 0.05) is 6.20 Å². The van der Waals surface area contributed by atoms with Crippen molar-refractivity contribution in [2.45, 2.75) is 18.8 Å². The van der Waals surface area contributed by atoms with Gasteiger partial charge in [-0.3, -0.25) is 4.79 Å². The van der Waals surface area contributed by atoms with E-state index in [9.17, 15) is 27.9 Å². The van der Waals surface area contributed by atoms with Crippen molar-refractivity contribution in [3.05, 3.63) is 88.6 Å². The molecule has 0 aliphatic rings. The third-order valence-corrected chi connectivity index (χ3v) is 4.78. The van der Waals surface area contributed by atoms with Gasteiger partial charge < -0.3 is 19.9 Å². The lowest BCUT2D eigenvalue weighted by Gasteiger charge is -2.16. The predicted octanol–water partition coefficient (Wildman–Crippen LogP) is 4.95. The SMILES string of the molecule is O=C(N[C@H](COCc1ccccc1)C(=O)O)c1cccnc1Oc1ccc(C(F)(F)F)cc1Cl. The first-order valence-electron chi connectivity index (χ1n) is 9.80. The molecule has 178 valence electrons. The molecule has 2 N–H and O–H groups in total. The van der Waals surface area contributed by atoms with Gasteiger partial charge in [-0.15, -0.1) is 0 Å². The molecule has 1 amide bonds. The predicted molar refractivity (Wildman–Crippen MR) is 116 cm³/mol. The fourth-order valence-electron chi connectivity index (χ4n) is 2.79. The van der Waals surface area contributed by atoms with E-state index in [1.807, 2.05) is 18.2 Å². The largest absolute Gasteiger partial charge is 0.480 e. The Hall–Kier alpha value is -3.63. The maximum atomic E-state index is 12.8. The molecule has 0 aliphatic heterocycles. The fourth-order valence-corrected chi connectivity index (χ4v) is 3.01. The molecule has 2 aromatic carbocycles. The lowest BCUT2D eigenvalue weighted by Crippen LogP contribution is -2.44. The van der Waals surface area contributed by atoms with E-state index in [0.717, 1.165) is 17.7 Å². The van der Waals surface area contributed by atoms with E-state index in [-0.39, 0.29) is 35.4 Å². The van der Waals surface area contributed by atoms with E-state index in [2.05, 4.69) is 10.3 Å². The van der Waals surface area contributed by atoms with E-state index < -0.39 is 29.7 Å². The van der Waals surface area contributed by atoms with Gasteiger partial charge in [0.05, 0.1) is 23.8 Å². The average molecular weight is 495 g/mol. The van der Waals surface area contributed by atoms with Crippen molar-refractivity contribution in [2.24, 2.45) is 0 Å². The highest BCUT2D eigenvalue weighted by atomic mass is 35.5. The van der Waals surface area contributed by atoms with E-state index in [4.69, 9.17) is 21.1 Å². The standard InChI is InChI=1S/C23H18ClF3N2O5/c24-17-11-15(23(25,26)27)8-9-19(17)34-21-16(7-4-10-28-21)20(30)29-18(22(31)32)13-33-12-14-5-2-1-3-6-14/h1-11,18H,12-13H2,(H,29,30)(H,31,32)/t18-/m1/s1. The Labute approximate surface area is 197 Å². The smallest absolute Gasteiger partial charge is 0.416 e. The Kier molecular flexibility index (Phi) is 8.08. The average Bonchev–Trinajstić information content (AvgIpc) is 2.80. The van der Waals surface area contributed by atoms with Crippen LogP contribution in [0.5, 0.6) is 11.6 Å². The summed E-state index contributed by atoms with van der Waals surface area (Å²) in [5.41, 5.74) is -0.286. The second-order valence-electron chi connectivity index (χ2n) is 6.97. The molecule has 0 unspecified atom stereocenters. The number of rotatable bonds is 9. The Morgan fingerprint density at radius 3 is 2.47 bits per heavy atom. The van der Waals surface area contributed by atoms with Gasteiger partial charge in [0.1, 0.15) is 11.3 Å². The van der Waals surface area contributed by atoms with Gasteiger partial charge in [0.2, 0.25) is 5.88 Å². The number of carbonyl (C=O) groups is 2. The van der Waals surface area contributed by atoms with Crippen LogP contribution in [-0.4, -0.2) is 34.6 Å². The Morgan fingerprint density at radius 1 is 1.09 bits per heavy atom. The summed E-state index contributed by atoms with van der Waals surface area (Å²) in [6.45, 7) is -0.161. The number of nitrogens with one attached hydrogen (secondary N) is 1. The van der Waals surface area contributed by atoms with E-state index in [1.54, 1.807) is 12.1 Å². The zero-order valence-electron chi connectivity index (χ0n) is 17.4. The molecule has 11 heteroatoms. The fraction of sp³-hybridized carbons (Fsp3) is 0.174. The van der Waals surface area contributed by atoms with Crippen LogP contribution in [-0.2, 0) is 22.3 Å². The number of benzene rings is 2. The minimum Gasteiger partial charge on any atom is -0.480 e. The van der Waals surface area contributed by atoms with Crippen molar-refractivity contribution in [3.8, 4) is 11.6 Å². The Bertz CT molecular complexity index is 1160. The first-order valence-corrected chi connectivity index (χ1v) is 10.2. The molecule has 3 aromatic rings. The van der Waals surface area contributed by atoms with Crippen LogP contribution in [0.4, 0.5) is 13.2 Å². The highest BCUT2D eigenvalue weighted by molar-refractivity contribution is 6.32. The topological polar surface area (TPSA) is 97.8 Å². The molecule has 0 fully saturated rings. The summed E-state index contributed by atoms with van der Waals surface area (Å²) in [4.78, 5) is 28.3. The quantitative estimate of drug-likeness (QED) is 0.437. The molecular weight excluding hydrogens is 477 g/mol. The monoisotopic (exact) mass is 494 g/mol. The number of carboxylic acid groups (broad SMARTS) is 1. The van der Waals surface area contributed by atoms with E-state index in [0.29, 0.717) is 6.07 Å². The zero-order valence-corrected chi connectivity index (χ0v) is 18.1. The second-order valence-corrected chi connectivity index (χ2v) is 7.37. The van der Waals surface area contributed by atoms with Crippen molar-refractivity contribution in [1.82, 2.24) is 10.3 Å². The summed E-state index contributed by atoms with van der Waals surface area (Å²) >= 11 is 5.90. The maximum absolute atomic E-state index is 12.8. The molecule has 34 heavy (non-hydrogen) atoms. The van der Waals surface area contributed by atoms with Crippen LogP contribution in [0.15, 0.2) is 66.9 Å². The normalized spacial score (nSPS) is 12.1. The number of carboxylic acids is 1. The van der Waals surface area contributed by atoms with Crippen LogP contribution in [0.25, 0.3) is 0 Å². The molecule has 1 aromatic heterocycles. The van der Waals surface area contributed by atoms with Crippen LogP contribution in [0, 0.1) is 0 Å². The van der Waals surface area contributed by atoms with Gasteiger partial charge in [0.15, 0.2) is 6.04 Å². The molecule has 0 radical (unpaired) electrons. The van der Waals surface area contributed by atoms with Crippen LogP contribution in [0.1, 0.15) is 21.5 Å². The Balaban J connectivity index is 1.71. The van der Waals surface area contributed by atoms with Crippen molar-refractivity contribution >= 4 is 23.5 Å². The minimum absolute atomic E-state index is 0.146. The maximum Gasteiger partial charge on any atom is 0.416 e. The van der Waals surface area contributed by atoms with Crippen molar-refractivity contribution in [3.63, 3.8) is 0 Å². The number of aromatic nitrogens is 1. The van der Waals surface area contributed by atoms with Crippen molar-refractivity contribution in [2.75, 3.05) is 6.61 Å². The molecule has 0 bridgehead atoms. The van der Waals surface area contributed by atoms with Crippen molar-refractivity contribution in [1.29, 1.82) is 0 Å². The zero-order chi connectivity index (χ0) is 24.7. The summed E-state index contributed by atoms with van der Waals surface area (Å²) in [5.74, 6) is -2.58. The molecule has 1 heterocycles. The first-order chi connectivity index (χ1) is 16.1. The van der Waals surface area contributed by atoms with Crippen LogP contribution < -0.4 is 10.1 Å². The summed E-state index contributed by atoms with van der Waals surface area (Å²) in [6, 6.07) is 12.9. The summed E-state index contributed by atoms with van der Waals surface area (Å²) in [5, 5.41) is 11.4. The van der Waals surface area contributed by atoms with Gasteiger partial charge in [-0.05, 0) is 35.9 Å². The molecular formula is C23H18ClF3N2O5. The number of aliphatic carboxylic acids is 1. The number of hydrogen-bond donors (Lipinski definition) is 2. The lowest BCUT2D eigenvalue weighted by atomic mass is 10.2. The van der Waals surface area contributed by atoms with Crippen LogP contribution in [0.2, 0.25) is 5.02 Å². The first kappa shape index (κ1) is 25.0.